The van der Waals surface area contributed by atoms with Gasteiger partial charge in [-0.25, -0.2) is 8.42 Å². The van der Waals surface area contributed by atoms with Gasteiger partial charge in [0.1, 0.15) is 12.6 Å². The molecule has 3 rings (SSSR count). The average Bonchev–Trinajstić information content (AvgIpc) is 2.96. The largest absolute Gasteiger partial charge is 0.354 e. The van der Waals surface area contributed by atoms with E-state index in [1.165, 1.54) is 53.4 Å². The Labute approximate surface area is 249 Å². The second-order valence-electron chi connectivity index (χ2n) is 9.07. The fraction of sp³-hybridized carbons (Fsp3) is 0.286. The van der Waals surface area contributed by atoms with Crippen molar-refractivity contribution in [3.05, 3.63) is 98.5 Å². The number of nitro benzene ring substituents is 1. The van der Waals surface area contributed by atoms with E-state index in [4.69, 9.17) is 23.2 Å². The third-order valence-electron chi connectivity index (χ3n) is 6.23. The summed E-state index contributed by atoms with van der Waals surface area (Å²) in [5, 5.41) is 14.9. The van der Waals surface area contributed by atoms with Gasteiger partial charge in [0.15, 0.2) is 0 Å². The zero-order chi connectivity index (χ0) is 30.2. The van der Waals surface area contributed by atoms with Crippen LogP contribution in [0.15, 0.2) is 77.7 Å². The lowest BCUT2D eigenvalue weighted by Crippen LogP contribution is -2.52. The summed E-state index contributed by atoms with van der Waals surface area (Å²) in [4.78, 5) is 39.1. The van der Waals surface area contributed by atoms with Crippen molar-refractivity contribution in [1.29, 1.82) is 0 Å². The fourth-order valence-corrected chi connectivity index (χ4v) is 6.02. The van der Waals surface area contributed by atoms with E-state index < -0.39 is 39.3 Å². The number of benzene rings is 3. The average molecular weight is 622 g/mol. The Kier molecular flexibility index (Phi) is 11.1. The molecule has 0 aliphatic heterocycles. The molecule has 3 aromatic rings. The van der Waals surface area contributed by atoms with Crippen LogP contribution in [-0.2, 0) is 26.2 Å². The van der Waals surface area contributed by atoms with Crippen LogP contribution in [0.5, 0.6) is 0 Å². The molecular formula is C28H30Cl2N4O6S. The van der Waals surface area contributed by atoms with Gasteiger partial charge in [-0.2, -0.15) is 0 Å². The number of nitro groups is 1. The van der Waals surface area contributed by atoms with Crippen molar-refractivity contribution < 1.29 is 22.9 Å². The third kappa shape index (κ3) is 7.96. The molecule has 0 saturated carbocycles. The van der Waals surface area contributed by atoms with E-state index in [1.54, 1.807) is 25.1 Å². The maximum Gasteiger partial charge on any atom is 0.271 e. The Morgan fingerprint density at radius 3 is 2.32 bits per heavy atom. The predicted molar refractivity (Wildman–Crippen MR) is 158 cm³/mol. The molecule has 0 aliphatic rings. The van der Waals surface area contributed by atoms with Crippen LogP contribution >= 0.6 is 23.2 Å². The lowest BCUT2D eigenvalue weighted by molar-refractivity contribution is -0.384. The Hall–Kier alpha value is -3.67. The van der Waals surface area contributed by atoms with Crippen LogP contribution in [0.3, 0.4) is 0 Å². The van der Waals surface area contributed by atoms with E-state index in [2.05, 4.69) is 5.32 Å². The number of rotatable bonds is 13. The molecule has 0 fully saturated rings. The first-order chi connectivity index (χ1) is 19.5. The van der Waals surface area contributed by atoms with E-state index in [0.717, 1.165) is 10.4 Å². The second kappa shape index (κ2) is 14.3. The molecule has 0 aromatic heterocycles. The molecule has 0 unspecified atom stereocenters. The summed E-state index contributed by atoms with van der Waals surface area (Å²) in [6, 6.07) is 16.2. The SMILES string of the molecule is CCCNC(=O)[C@@H](CC)N(Cc1ccc(Cl)cc1Cl)C(=O)CN(c1cccc([N+](=O)[O-])c1)S(=O)(=O)c1ccccc1. The molecule has 41 heavy (non-hydrogen) atoms. The summed E-state index contributed by atoms with van der Waals surface area (Å²) in [6.07, 6.45) is 0.907. The van der Waals surface area contributed by atoms with Crippen LogP contribution in [-0.4, -0.2) is 49.2 Å². The standard InChI is InChI=1S/C28H30Cl2N4O6S/c1-3-15-31-28(36)26(4-2)32(18-20-13-14-21(29)16-25(20)30)27(35)19-33(22-9-8-10-23(17-22)34(37)38)41(39,40)24-11-6-5-7-12-24/h5-14,16-17,26H,3-4,15,18-19H2,1-2H3,(H,31,36)/t26-/m1/s1. The number of non-ortho nitro benzene ring substituents is 1. The maximum absolute atomic E-state index is 14.0. The number of carbonyl (C=O) groups is 2. The van der Waals surface area contributed by atoms with Crippen molar-refractivity contribution >= 4 is 56.4 Å². The lowest BCUT2D eigenvalue weighted by atomic mass is 10.1. The Morgan fingerprint density at radius 1 is 1.00 bits per heavy atom. The Balaban J connectivity index is 2.10. The number of amides is 2. The van der Waals surface area contributed by atoms with Gasteiger partial charge in [0.25, 0.3) is 15.7 Å². The van der Waals surface area contributed by atoms with E-state index in [0.29, 0.717) is 23.6 Å². The van der Waals surface area contributed by atoms with Crippen LogP contribution < -0.4 is 9.62 Å². The van der Waals surface area contributed by atoms with Gasteiger partial charge < -0.3 is 10.2 Å². The highest BCUT2D eigenvalue weighted by molar-refractivity contribution is 7.92. The molecule has 218 valence electrons. The molecule has 0 spiro atoms. The van der Waals surface area contributed by atoms with Crippen molar-refractivity contribution in [2.45, 2.75) is 44.2 Å². The second-order valence-corrected chi connectivity index (χ2v) is 11.8. The van der Waals surface area contributed by atoms with Gasteiger partial charge in [-0.1, -0.05) is 67.4 Å². The summed E-state index contributed by atoms with van der Waals surface area (Å²) in [6.45, 7) is 3.17. The highest BCUT2D eigenvalue weighted by Crippen LogP contribution is 2.28. The van der Waals surface area contributed by atoms with Gasteiger partial charge in [0, 0.05) is 35.3 Å². The highest BCUT2D eigenvalue weighted by atomic mass is 35.5. The molecule has 0 radical (unpaired) electrons. The Morgan fingerprint density at radius 2 is 1.71 bits per heavy atom. The first-order valence-electron chi connectivity index (χ1n) is 12.8. The summed E-state index contributed by atoms with van der Waals surface area (Å²) in [5.41, 5.74) is 0.0710. The minimum Gasteiger partial charge on any atom is -0.354 e. The van der Waals surface area contributed by atoms with E-state index in [1.807, 2.05) is 6.92 Å². The smallest absolute Gasteiger partial charge is 0.271 e. The molecule has 0 heterocycles. The van der Waals surface area contributed by atoms with Crippen LogP contribution in [0.1, 0.15) is 32.3 Å². The number of hydrogen-bond donors (Lipinski definition) is 1. The Bertz CT molecular complexity index is 1500. The van der Waals surface area contributed by atoms with E-state index >= 15 is 0 Å². The zero-order valence-electron chi connectivity index (χ0n) is 22.5. The number of sulfonamides is 1. The minimum absolute atomic E-state index is 0.0793. The molecule has 0 bridgehead atoms. The van der Waals surface area contributed by atoms with E-state index in [-0.39, 0.29) is 34.3 Å². The summed E-state index contributed by atoms with van der Waals surface area (Å²) >= 11 is 12.4. The van der Waals surface area contributed by atoms with Crippen LogP contribution in [0.4, 0.5) is 11.4 Å². The number of nitrogens with zero attached hydrogens (tertiary/aromatic N) is 3. The van der Waals surface area contributed by atoms with Gasteiger partial charge in [-0.05, 0) is 48.7 Å². The molecule has 10 nitrogen and oxygen atoms in total. The molecule has 3 aromatic carbocycles. The van der Waals surface area contributed by atoms with Gasteiger partial charge in [-0.3, -0.25) is 24.0 Å². The van der Waals surface area contributed by atoms with Crippen LogP contribution in [0.2, 0.25) is 10.0 Å². The lowest BCUT2D eigenvalue weighted by Gasteiger charge is -2.33. The summed E-state index contributed by atoms with van der Waals surface area (Å²) in [5.74, 6) is -1.11. The van der Waals surface area contributed by atoms with Gasteiger partial charge >= 0.3 is 0 Å². The molecule has 1 atom stereocenters. The van der Waals surface area contributed by atoms with Crippen molar-refractivity contribution in [2.75, 3.05) is 17.4 Å². The fourth-order valence-electron chi connectivity index (χ4n) is 4.13. The van der Waals surface area contributed by atoms with Gasteiger partial charge in [0.2, 0.25) is 11.8 Å². The first-order valence-corrected chi connectivity index (χ1v) is 15.0. The number of hydrogen-bond acceptors (Lipinski definition) is 6. The molecule has 13 heteroatoms. The molecule has 0 aliphatic carbocycles. The first kappa shape index (κ1) is 31.9. The zero-order valence-corrected chi connectivity index (χ0v) is 24.8. The summed E-state index contributed by atoms with van der Waals surface area (Å²) < 4.78 is 28.4. The van der Waals surface area contributed by atoms with Crippen LogP contribution in [0.25, 0.3) is 0 Å². The van der Waals surface area contributed by atoms with Crippen molar-refractivity contribution in [3.8, 4) is 0 Å². The molecule has 2 amide bonds. The number of halogens is 2. The third-order valence-corrected chi connectivity index (χ3v) is 8.60. The maximum atomic E-state index is 14.0. The monoisotopic (exact) mass is 620 g/mol. The number of anilines is 1. The van der Waals surface area contributed by atoms with Gasteiger partial charge in [-0.15, -0.1) is 0 Å². The van der Waals surface area contributed by atoms with Crippen molar-refractivity contribution in [2.24, 2.45) is 0 Å². The molecule has 1 N–H and O–H groups in total. The van der Waals surface area contributed by atoms with E-state index in [9.17, 15) is 28.1 Å². The normalized spacial score (nSPS) is 11.9. The van der Waals surface area contributed by atoms with Gasteiger partial charge in [0.05, 0.1) is 15.5 Å². The topological polar surface area (TPSA) is 130 Å². The van der Waals surface area contributed by atoms with Crippen molar-refractivity contribution in [3.63, 3.8) is 0 Å². The van der Waals surface area contributed by atoms with Crippen molar-refractivity contribution in [1.82, 2.24) is 10.2 Å². The summed E-state index contributed by atoms with van der Waals surface area (Å²) in [7, 11) is -4.36. The number of carbonyl (C=O) groups excluding carboxylic acids is 2. The highest BCUT2D eigenvalue weighted by Gasteiger charge is 2.34. The minimum atomic E-state index is -4.36. The predicted octanol–water partition coefficient (Wildman–Crippen LogP) is 5.43. The van der Waals surface area contributed by atoms with Crippen LogP contribution in [0, 0.1) is 10.1 Å². The number of nitrogens with one attached hydrogen (secondary N) is 1. The quantitative estimate of drug-likeness (QED) is 0.200. The molecular weight excluding hydrogens is 591 g/mol. The molecule has 0 saturated heterocycles.